The van der Waals surface area contributed by atoms with Gasteiger partial charge in [-0.1, -0.05) is 19.1 Å². The molecule has 3 atom stereocenters. The topological polar surface area (TPSA) is 85.4 Å². The Morgan fingerprint density at radius 3 is 2.41 bits per heavy atom. The molecule has 3 unspecified atom stereocenters. The predicted molar refractivity (Wildman–Crippen MR) is 130 cm³/mol. The number of ether oxygens (including phenoxy) is 1. The summed E-state index contributed by atoms with van der Waals surface area (Å²) < 4.78 is 6.32. The first-order valence-corrected chi connectivity index (χ1v) is 13.0. The van der Waals surface area contributed by atoms with Gasteiger partial charge in [0.15, 0.2) is 0 Å². The number of aliphatic hydroxyl groups excluding tert-OH is 1. The van der Waals surface area contributed by atoms with Crippen LogP contribution in [0.2, 0.25) is 0 Å². The molecule has 2 aliphatic carbocycles. The quantitative estimate of drug-likeness (QED) is 0.531. The maximum Gasteiger partial charge on any atom is 0.247 e. The maximum atomic E-state index is 12.8. The van der Waals surface area contributed by atoms with Gasteiger partial charge < -0.3 is 20.1 Å². The van der Waals surface area contributed by atoms with Crippen molar-refractivity contribution in [2.24, 2.45) is 5.92 Å². The number of rotatable bonds is 9. The summed E-state index contributed by atoms with van der Waals surface area (Å²) in [5.41, 5.74) is 1.14. The van der Waals surface area contributed by atoms with Crippen LogP contribution in [0, 0.1) is 5.92 Å². The van der Waals surface area contributed by atoms with Crippen molar-refractivity contribution in [2.75, 3.05) is 44.2 Å². The first-order valence-electron chi connectivity index (χ1n) is 13.0. The Kier molecular flexibility index (Phi) is 7.09. The molecule has 2 amide bonds. The number of nitrogens with one attached hydrogen (secondary N) is 1. The number of nitrogens with zero attached hydrogens (tertiary/aromatic N) is 3. The van der Waals surface area contributed by atoms with Crippen molar-refractivity contribution < 1.29 is 19.4 Å². The number of piperazine rings is 1. The number of benzene rings is 1. The van der Waals surface area contributed by atoms with Crippen LogP contribution in [0.4, 0.5) is 5.69 Å². The highest BCUT2D eigenvalue weighted by Crippen LogP contribution is 2.33. The first-order chi connectivity index (χ1) is 16.5. The van der Waals surface area contributed by atoms with E-state index in [-0.39, 0.29) is 24.3 Å². The van der Waals surface area contributed by atoms with Crippen LogP contribution in [-0.4, -0.2) is 90.3 Å². The molecule has 0 radical (unpaired) electrons. The molecular weight excluding hydrogens is 432 g/mol. The molecule has 4 aliphatic rings. The predicted octanol–water partition coefficient (Wildman–Crippen LogP) is 1.62. The zero-order valence-corrected chi connectivity index (χ0v) is 20.2. The fraction of sp³-hybridized carbons (Fsp3) is 0.692. The molecule has 0 spiro atoms. The molecule has 0 aromatic heterocycles. The summed E-state index contributed by atoms with van der Waals surface area (Å²) in [5, 5.41) is 14.0. The van der Waals surface area contributed by atoms with E-state index in [1.165, 1.54) is 17.7 Å². The van der Waals surface area contributed by atoms with Crippen molar-refractivity contribution in [3.8, 4) is 5.75 Å². The van der Waals surface area contributed by atoms with Gasteiger partial charge in [-0.25, -0.2) is 0 Å². The number of hydrogen-bond acceptors (Lipinski definition) is 7. The average molecular weight is 471 g/mol. The smallest absolute Gasteiger partial charge is 0.247 e. The molecule has 34 heavy (non-hydrogen) atoms. The third kappa shape index (κ3) is 5.24. The minimum Gasteiger partial charge on any atom is -0.488 e. The highest BCUT2D eigenvalue weighted by molar-refractivity contribution is 6.07. The van der Waals surface area contributed by atoms with Crippen LogP contribution in [0.3, 0.4) is 0 Å². The fourth-order valence-corrected chi connectivity index (χ4v) is 5.52. The monoisotopic (exact) mass is 470 g/mol. The Bertz CT molecular complexity index is 877. The second kappa shape index (κ2) is 10.2. The molecule has 2 aliphatic heterocycles. The largest absolute Gasteiger partial charge is 0.488 e. The number of anilines is 1. The van der Waals surface area contributed by atoms with Crippen molar-refractivity contribution in [3.05, 3.63) is 24.3 Å². The average Bonchev–Trinajstić information content (AvgIpc) is 3.48. The highest BCUT2D eigenvalue weighted by Gasteiger charge is 2.47. The normalized spacial score (nSPS) is 27.6. The molecular formula is C26H38N4O4. The molecule has 2 heterocycles. The van der Waals surface area contributed by atoms with E-state index < -0.39 is 12.1 Å². The molecule has 4 fully saturated rings. The van der Waals surface area contributed by atoms with E-state index in [0.29, 0.717) is 18.7 Å². The Hall–Kier alpha value is -2.16. The summed E-state index contributed by atoms with van der Waals surface area (Å²) in [6.07, 6.45) is 6.49. The number of aliphatic hydroxyl groups is 1. The SMILES string of the molecule is CC1C(=O)N(CC(O)CN2CCN(c3ccccc3OC3CCCC3)CC2)C(=O)C1NC1CC1. The number of imide groups is 1. The lowest BCUT2D eigenvalue weighted by molar-refractivity contribution is -0.141. The molecule has 5 rings (SSSR count). The summed E-state index contributed by atoms with van der Waals surface area (Å²) in [5.74, 6) is 0.241. The highest BCUT2D eigenvalue weighted by atomic mass is 16.5. The molecule has 186 valence electrons. The van der Waals surface area contributed by atoms with Gasteiger partial charge in [0.1, 0.15) is 5.75 Å². The minimum absolute atomic E-state index is 0.0725. The Balaban J connectivity index is 1.11. The molecule has 1 aromatic carbocycles. The van der Waals surface area contributed by atoms with Crippen LogP contribution in [-0.2, 0) is 9.59 Å². The van der Waals surface area contributed by atoms with E-state index in [1.807, 2.05) is 6.07 Å². The van der Waals surface area contributed by atoms with Crippen molar-refractivity contribution in [1.82, 2.24) is 15.1 Å². The summed E-state index contributed by atoms with van der Waals surface area (Å²) in [7, 11) is 0. The van der Waals surface area contributed by atoms with Gasteiger partial charge in [0.25, 0.3) is 0 Å². The second-order valence-corrected chi connectivity index (χ2v) is 10.4. The van der Waals surface area contributed by atoms with Crippen LogP contribution in [0.5, 0.6) is 5.75 Å². The molecule has 2 N–H and O–H groups in total. The Morgan fingerprint density at radius 2 is 1.71 bits per heavy atom. The summed E-state index contributed by atoms with van der Waals surface area (Å²) >= 11 is 0. The number of likely N-dealkylation sites (tertiary alicyclic amines) is 1. The first kappa shape index (κ1) is 23.6. The van der Waals surface area contributed by atoms with Crippen LogP contribution < -0.4 is 15.0 Å². The maximum absolute atomic E-state index is 12.8. The lowest BCUT2D eigenvalue weighted by Crippen LogP contribution is -2.51. The van der Waals surface area contributed by atoms with E-state index in [9.17, 15) is 14.7 Å². The van der Waals surface area contributed by atoms with Gasteiger partial charge in [-0.2, -0.15) is 0 Å². The fourth-order valence-electron chi connectivity index (χ4n) is 5.52. The van der Waals surface area contributed by atoms with Crippen LogP contribution >= 0.6 is 0 Å². The van der Waals surface area contributed by atoms with Crippen LogP contribution in [0.15, 0.2) is 24.3 Å². The van der Waals surface area contributed by atoms with Gasteiger partial charge in [0, 0.05) is 38.8 Å². The van der Waals surface area contributed by atoms with Gasteiger partial charge in [-0.15, -0.1) is 0 Å². The third-order valence-corrected chi connectivity index (χ3v) is 7.72. The van der Waals surface area contributed by atoms with E-state index in [0.717, 1.165) is 63.3 Å². The number of hydrogen-bond donors (Lipinski definition) is 2. The number of carbonyl (C=O) groups excluding carboxylic acids is 2. The van der Waals surface area contributed by atoms with Crippen molar-refractivity contribution in [3.63, 3.8) is 0 Å². The number of amides is 2. The zero-order chi connectivity index (χ0) is 23.7. The number of para-hydroxylation sites is 2. The summed E-state index contributed by atoms with van der Waals surface area (Å²) in [6.45, 7) is 5.68. The molecule has 8 nitrogen and oxygen atoms in total. The van der Waals surface area contributed by atoms with E-state index in [1.54, 1.807) is 6.92 Å². The molecule has 8 heteroatoms. The molecule has 2 saturated heterocycles. The van der Waals surface area contributed by atoms with E-state index in [2.05, 4.69) is 33.3 Å². The van der Waals surface area contributed by atoms with Gasteiger partial charge in [-0.05, 0) is 50.7 Å². The Labute approximate surface area is 202 Å². The van der Waals surface area contributed by atoms with Crippen LogP contribution in [0.1, 0.15) is 45.4 Å². The molecule has 2 saturated carbocycles. The minimum atomic E-state index is -0.746. The van der Waals surface area contributed by atoms with Gasteiger partial charge in [0.05, 0.1) is 36.4 Å². The van der Waals surface area contributed by atoms with E-state index >= 15 is 0 Å². The lowest BCUT2D eigenvalue weighted by atomic mass is 10.1. The van der Waals surface area contributed by atoms with E-state index in [4.69, 9.17) is 4.74 Å². The standard InChI is InChI=1S/C26H38N4O4/c1-18-24(27-19-10-11-19)26(33)30(25(18)32)17-20(31)16-28-12-14-29(15-13-28)22-8-4-5-9-23(22)34-21-6-2-3-7-21/h4-5,8-9,18-21,24,27,31H,2-3,6-7,10-17H2,1H3. The van der Waals surface area contributed by atoms with Crippen LogP contribution in [0.25, 0.3) is 0 Å². The number of β-amino-alcohol motifs (C(OH)–C–C–N with tert-alkyl or cyclic N) is 1. The van der Waals surface area contributed by atoms with Crippen molar-refractivity contribution >= 4 is 17.5 Å². The Morgan fingerprint density at radius 1 is 1.00 bits per heavy atom. The zero-order valence-electron chi connectivity index (χ0n) is 20.2. The second-order valence-electron chi connectivity index (χ2n) is 10.4. The molecule has 0 bridgehead atoms. The van der Waals surface area contributed by atoms with Gasteiger partial charge in [-0.3, -0.25) is 19.4 Å². The third-order valence-electron chi connectivity index (χ3n) is 7.72. The van der Waals surface area contributed by atoms with Crippen molar-refractivity contribution in [2.45, 2.75) is 69.7 Å². The summed E-state index contributed by atoms with van der Waals surface area (Å²) in [4.78, 5) is 31.2. The lowest BCUT2D eigenvalue weighted by Gasteiger charge is -2.38. The van der Waals surface area contributed by atoms with Gasteiger partial charge >= 0.3 is 0 Å². The number of carbonyl (C=O) groups is 2. The van der Waals surface area contributed by atoms with Gasteiger partial charge in [0.2, 0.25) is 11.8 Å². The molecule has 1 aromatic rings. The summed E-state index contributed by atoms with van der Waals surface area (Å²) in [6, 6.07) is 8.21. The van der Waals surface area contributed by atoms with Crippen molar-refractivity contribution in [1.29, 1.82) is 0 Å².